The van der Waals surface area contributed by atoms with Crippen molar-refractivity contribution in [3.8, 4) is 5.75 Å². The number of benzene rings is 1. The minimum Gasteiger partial charge on any atom is -0.493 e. The molecule has 3 nitrogen and oxygen atoms in total. The third kappa shape index (κ3) is 3.47. The third-order valence-electron chi connectivity index (χ3n) is 3.71. The molecule has 5 heteroatoms. The van der Waals surface area contributed by atoms with Gasteiger partial charge in [0, 0.05) is 27.2 Å². The van der Waals surface area contributed by atoms with Gasteiger partial charge in [0.25, 0.3) is 0 Å². The summed E-state index contributed by atoms with van der Waals surface area (Å²) in [5, 5.41) is 4.87. The molecule has 0 bridgehead atoms. The highest BCUT2D eigenvalue weighted by Crippen LogP contribution is 2.35. The average Bonchev–Trinajstić information content (AvgIpc) is 2.79. The van der Waals surface area contributed by atoms with Crippen molar-refractivity contribution in [2.24, 2.45) is 0 Å². The number of fused-ring (bicyclic) bond motifs is 1. The van der Waals surface area contributed by atoms with Crippen molar-refractivity contribution >= 4 is 27.3 Å². The van der Waals surface area contributed by atoms with Crippen LogP contribution in [-0.2, 0) is 0 Å². The topological polar surface area (TPSA) is 34.2 Å². The van der Waals surface area contributed by atoms with Crippen molar-refractivity contribution in [1.82, 2.24) is 10.3 Å². The summed E-state index contributed by atoms with van der Waals surface area (Å²) in [5.74, 6) is 0.988. The zero-order valence-electron chi connectivity index (χ0n) is 12.2. The molecule has 1 aromatic heterocycles. The molecule has 112 valence electrons. The molecule has 0 aliphatic carbocycles. The van der Waals surface area contributed by atoms with Crippen LogP contribution in [0.2, 0.25) is 0 Å². The fraction of sp³-hybridized carbons (Fsp3) is 0.438. The lowest BCUT2D eigenvalue weighted by atomic mass is 10.0. The van der Waals surface area contributed by atoms with Crippen LogP contribution in [0.4, 0.5) is 0 Å². The van der Waals surface area contributed by atoms with Crippen molar-refractivity contribution in [2.45, 2.75) is 38.8 Å². The Kier molecular flexibility index (Phi) is 4.62. The second-order valence-electron chi connectivity index (χ2n) is 5.42. The van der Waals surface area contributed by atoms with Gasteiger partial charge in [-0.3, -0.25) is 0 Å². The summed E-state index contributed by atoms with van der Waals surface area (Å²) in [6.45, 7) is 5.06. The van der Waals surface area contributed by atoms with E-state index in [-0.39, 0.29) is 6.04 Å². The minimum atomic E-state index is 0.253. The molecule has 2 atom stereocenters. The Hall–Kier alpha value is -0.910. The van der Waals surface area contributed by atoms with Gasteiger partial charge in [-0.2, -0.15) is 0 Å². The molecule has 21 heavy (non-hydrogen) atoms. The fourth-order valence-corrected chi connectivity index (χ4v) is 3.79. The molecule has 1 N–H and O–H groups in total. The highest BCUT2D eigenvalue weighted by molar-refractivity contribution is 9.10. The molecule has 0 amide bonds. The second-order valence-corrected chi connectivity index (χ2v) is 7.60. The Bertz CT molecular complexity index is 628. The van der Waals surface area contributed by atoms with Gasteiger partial charge >= 0.3 is 0 Å². The maximum Gasteiger partial charge on any atom is 0.125 e. The minimum absolute atomic E-state index is 0.253. The first-order valence-electron chi connectivity index (χ1n) is 7.24. The number of nitrogens with one attached hydrogen (secondary N) is 1. The molecule has 0 radical (unpaired) electrons. The standard InChI is InChI=1S/C16H19BrN2OS/c1-10-9-18-16(21-10)11(2)19-14-4-3-7-20-15-8-12(17)5-6-13(14)15/h5-6,8-9,11,14,19H,3-4,7H2,1-2H3. The maximum absolute atomic E-state index is 5.87. The quantitative estimate of drug-likeness (QED) is 0.848. The Morgan fingerprint density at radius 2 is 2.33 bits per heavy atom. The average molecular weight is 367 g/mol. The molecular formula is C16H19BrN2OS. The largest absolute Gasteiger partial charge is 0.493 e. The Morgan fingerprint density at radius 1 is 1.48 bits per heavy atom. The zero-order valence-corrected chi connectivity index (χ0v) is 14.6. The molecule has 3 rings (SSSR count). The number of aromatic nitrogens is 1. The summed E-state index contributed by atoms with van der Waals surface area (Å²) in [5.41, 5.74) is 1.25. The van der Waals surface area contributed by atoms with E-state index in [9.17, 15) is 0 Å². The Balaban J connectivity index is 1.82. The summed E-state index contributed by atoms with van der Waals surface area (Å²) in [6.07, 6.45) is 4.09. The van der Waals surface area contributed by atoms with Crippen molar-refractivity contribution in [1.29, 1.82) is 0 Å². The van der Waals surface area contributed by atoms with E-state index < -0.39 is 0 Å². The van der Waals surface area contributed by atoms with Gasteiger partial charge in [-0.1, -0.05) is 22.0 Å². The Labute approximate surface area is 137 Å². The van der Waals surface area contributed by atoms with E-state index in [0.717, 1.165) is 34.7 Å². The van der Waals surface area contributed by atoms with Gasteiger partial charge in [-0.05, 0) is 38.8 Å². The molecule has 0 spiro atoms. The SMILES string of the molecule is Cc1cnc(C(C)NC2CCCOc3cc(Br)ccc32)s1. The Morgan fingerprint density at radius 3 is 3.10 bits per heavy atom. The predicted octanol–water partition coefficient (Wildman–Crippen LogP) is 4.78. The van der Waals surface area contributed by atoms with Crippen molar-refractivity contribution in [3.05, 3.63) is 44.3 Å². The van der Waals surface area contributed by atoms with Gasteiger partial charge in [0.05, 0.1) is 12.6 Å². The molecule has 0 fully saturated rings. The number of hydrogen-bond acceptors (Lipinski definition) is 4. The number of ether oxygens (including phenoxy) is 1. The van der Waals surface area contributed by atoms with Crippen LogP contribution in [-0.4, -0.2) is 11.6 Å². The first kappa shape index (κ1) is 15.0. The van der Waals surface area contributed by atoms with E-state index in [1.165, 1.54) is 10.4 Å². The molecule has 1 aliphatic rings. The highest BCUT2D eigenvalue weighted by Gasteiger charge is 2.22. The highest BCUT2D eigenvalue weighted by atomic mass is 79.9. The first-order chi connectivity index (χ1) is 10.1. The smallest absolute Gasteiger partial charge is 0.125 e. The molecule has 1 aromatic carbocycles. The van der Waals surface area contributed by atoms with Gasteiger partial charge < -0.3 is 10.1 Å². The van der Waals surface area contributed by atoms with Crippen LogP contribution in [0.3, 0.4) is 0 Å². The van der Waals surface area contributed by atoms with E-state index >= 15 is 0 Å². The van der Waals surface area contributed by atoms with E-state index in [1.807, 2.05) is 6.20 Å². The molecule has 2 aromatic rings. The molecule has 1 aliphatic heterocycles. The fourth-order valence-electron chi connectivity index (χ4n) is 2.66. The predicted molar refractivity (Wildman–Crippen MR) is 90.0 cm³/mol. The summed E-state index contributed by atoms with van der Waals surface area (Å²) >= 11 is 5.28. The number of nitrogens with zero attached hydrogens (tertiary/aromatic N) is 1. The van der Waals surface area contributed by atoms with Crippen molar-refractivity contribution in [2.75, 3.05) is 6.61 Å². The van der Waals surface area contributed by atoms with Crippen LogP contribution < -0.4 is 10.1 Å². The van der Waals surface area contributed by atoms with Crippen LogP contribution >= 0.6 is 27.3 Å². The lowest BCUT2D eigenvalue weighted by Crippen LogP contribution is -2.24. The number of rotatable bonds is 3. The van der Waals surface area contributed by atoms with Crippen LogP contribution in [0.1, 0.15) is 47.3 Å². The van der Waals surface area contributed by atoms with E-state index in [4.69, 9.17) is 4.74 Å². The monoisotopic (exact) mass is 366 g/mol. The van der Waals surface area contributed by atoms with Crippen LogP contribution in [0.15, 0.2) is 28.9 Å². The summed E-state index contributed by atoms with van der Waals surface area (Å²) in [4.78, 5) is 5.75. The molecule has 2 heterocycles. The third-order valence-corrected chi connectivity index (χ3v) is 5.30. The number of halogens is 1. The zero-order chi connectivity index (χ0) is 14.8. The molecule has 0 saturated heterocycles. The van der Waals surface area contributed by atoms with Gasteiger partial charge in [0.1, 0.15) is 10.8 Å². The van der Waals surface area contributed by atoms with Crippen molar-refractivity contribution < 1.29 is 4.74 Å². The van der Waals surface area contributed by atoms with Gasteiger partial charge in [-0.15, -0.1) is 11.3 Å². The van der Waals surface area contributed by atoms with E-state index in [0.29, 0.717) is 6.04 Å². The molecule has 2 unspecified atom stereocenters. The lowest BCUT2D eigenvalue weighted by Gasteiger charge is -2.22. The summed E-state index contributed by atoms with van der Waals surface area (Å²) < 4.78 is 6.93. The van der Waals surface area contributed by atoms with Gasteiger partial charge in [0.2, 0.25) is 0 Å². The number of hydrogen-bond donors (Lipinski definition) is 1. The van der Waals surface area contributed by atoms with Crippen LogP contribution in [0.5, 0.6) is 5.75 Å². The van der Waals surface area contributed by atoms with Crippen LogP contribution in [0, 0.1) is 6.92 Å². The van der Waals surface area contributed by atoms with E-state index in [1.54, 1.807) is 11.3 Å². The normalized spacial score (nSPS) is 19.5. The summed E-state index contributed by atoms with van der Waals surface area (Å²) in [7, 11) is 0. The molecule has 0 saturated carbocycles. The lowest BCUT2D eigenvalue weighted by molar-refractivity contribution is 0.314. The maximum atomic E-state index is 5.87. The summed E-state index contributed by atoms with van der Waals surface area (Å²) in [6, 6.07) is 6.87. The van der Waals surface area contributed by atoms with E-state index in [2.05, 4.69) is 58.3 Å². The first-order valence-corrected chi connectivity index (χ1v) is 8.85. The number of aryl methyl sites for hydroxylation is 1. The van der Waals surface area contributed by atoms with Gasteiger partial charge in [-0.25, -0.2) is 4.98 Å². The second kappa shape index (κ2) is 6.46. The van der Waals surface area contributed by atoms with Crippen molar-refractivity contribution in [3.63, 3.8) is 0 Å². The van der Waals surface area contributed by atoms with Gasteiger partial charge in [0.15, 0.2) is 0 Å². The van der Waals surface area contributed by atoms with Crippen LogP contribution in [0.25, 0.3) is 0 Å². The molecular weight excluding hydrogens is 348 g/mol. The number of thiazole rings is 1.